The van der Waals surface area contributed by atoms with Crippen molar-refractivity contribution in [3.05, 3.63) is 61.0 Å². The number of halogens is 2. The predicted octanol–water partition coefficient (Wildman–Crippen LogP) is 4.97. The Labute approximate surface area is 138 Å². The van der Waals surface area contributed by atoms with E-state index in [9.17, 15) is 15.2 Å². The summed E-state index contributed by atoms with van der Waals surface area (Å²) in [6.07, 6.45) is -0.615. The van der Waals surface area contributed by atoms with Crippen LogP contribution in [0.2, 0.25) is 0 Å². The van der Waals surface area contributed by atoms with Crippen LogP contribution in [0.4, 0.5) is 5.69 Å². The Kier molecular flexibility index (Phi) is 4.97. The Morgan fingerprint density at radius 2 is 1.95 bits per heavy atom. The van der Waals surface area contributed by atoms with Crippen molar-refractivity contribution < 1.29 is 14.8 Å². The van der Waals surface area contributed by atoms with Gasteiger partial charge in [0.2, 0.25) is 5.75 Å². The van der Waals surface area contributed by atoms with E-state index in [4.69, 9.17) is 4.74 Å². The van der Waals surface area contributed by atoms with Crippen molar-refractivity contribution in [1.82, 2.24) is 0 Å². The molecule has 0 heterocycles. The molecule has 2 aromatic rings. The van der Waals surface area contributed by atoms with E-state index >= 15 is 0 Å². The molecule has 0 fully saturated rings. The van der Waals surface area contributed by atoms with Gasteiger partial charge in [-0.25, -0.2) is 0 Å². The average molecular weight is 417 g/mol. The van der Waals surface area contributed by atoms with E-state index in [1.54, 1.807) is 31.2 Å². The first-order valence-electron chi connectivity index (χ1n) is 5.98. The largest absolute Gasteiger partial charge is 0.450 e. The lowest BCUT2D eigenvalue weighted by atomic mass is 10.1. The first-order valence-corrected chi connectivity index (χ1v) is 7.56. The smallest absolute Gasteiger partial charge is 0.312 e. The van der Waals surface area contributed by atoms with E-state index in [1.807, 2.05) is 0 Å². The molecule has 0 spiro atoms. The first kappa shape index (κ1) is 15.9. The van der Waals surface area contributed by atoms with E-state index in [0.29, 0.717) is 20.3 Å². The van der Waals surface area contributed by atoms with Gasteiger partial charge in [-0.15, -0.1) is 0 Å². The molecule has 0 aliphatic heterocycles. The predicted molar refractivity (Wildman–Crippen MR) is 85.6 cm³/mol. The second-order valence-electron chi connectivity index (χ2n) is 4.33. The number of benzene rings is 2. The lowest BCUT2D eigenvalue weighted by Gasteiger charge is -2.11. The normalized spacial score (nSPS) is 12.0. The maximum atomic E-state index is 11.0. The van der Waals surface area contributed by atoms with E-state index < -0.39 is 11.0 Å². The van der Waals surface area contributed by atoms with Gasteiger partial charge in [0, 0.05) is 15.0 Å². The van der Waals surface area contributed by atoms with Gasteiger partial charge >= 0.3 is 5.69 Å². The molecular weight excluding hydrogens is 406 g/mol. The zero-order valence-corrected chi connectivity index (χ0v) is 14.1. The molecule has 0 saturated heterocycles. The van der Waals surface area contributed by atoms with Gasteiger partial charge in [-0.3, -0.25) is 10.1 Å². The van der Waals surface area contributed by atoms with Crippen molar-refractivity contribution in [2.75, 3.05) is 0 Å². The van der Waals surface area contributed by atoms with Gasteiger partial charge in [0.15, 0.2) is 0 Å². The summed E-state index contributed by atoms with van der Waals surface area (Å²) in [5.41, 5.74) is 0.591. The lowest BCUT2D eigenvalue weighted by molar-refractivity contribution is -0.385. The van der Waals surface area contributed by atoms with Crippen molar-refractivity contribution in [2.45, 2.75) is 13.0 Å². The number of nitro benzene ring substituents is 1. The number of nitro groups is 1. The lowest BCUT2D eigenvalue weighted by Crippen LogP contribution is -1.95. The standard InChI is InChI=1S/C14H11Br2NO4/c1-8(18)11-4-3-10(7-12(11)16)21-14-5-2-9(15)6-13(14)17(19)20/h2-8,18H,1H3/t8-/m0/s1. The van der Waals surface area contributed by atoms with Gasteiger partial charge in [-0.1, -0.05) is 37.9 Å². The number of aliphatic hydroxyl groups excluding tert-OH is 1. The zero-order valence-electron chi connectivity index (χ0n) is 10.9. The highest BCUT2D eigenvalue weighted by Crippen LogP contribution is 2.35. The van der Waals surface area contributed by atoms with Crippen LogP contribution < -0.4 is 4.74 Å². The van der Waals surface area contributed by atoms with Gasteiger partial charge in [-0.2, -0.15) is 0 Å². The molecule has 0 saturated carbocycles. The van der Waals surface area contributed by atoms with Crippen LogP contribution in [0.25, 0.3) is 0 Å². The van der Waals surface area contributed by atoms with Gasteiger partial charge in [0.05, 0.1) is 11.0 Å². The van der Waals surface area contributed by atoms with Crippen molar-refractivity contribution in [3.8, 4) is 11.5 Å². The van der Waals surface area contributed by atoms with Crippen molar-refractivity contribution >= 4 is 37.5 Å². The highest BCUT2D eigenvalue weighted by Gasteiger charge is 2.17. The number of rotatable bonds is 4. The molecule has 0 aliphatic carbocycles. The molecule has 1 atom stereocenters. The van der Waals surface area contributed by atoms with E-state index in [0.717, 1.165) is 0 Å². The van der Waals surface area contributed by atoms with E-state index in [2.05, 4.69) is 31.9 Å². The maximum Gasteiger partial charge on any atom is 0.312 e. The highest BCUT2D eigenvalue weighted by molar-refractivity contribution is 9.10. The third-order valence-corrected chi connectivity index (χ3v) is 3.95. The van der Waals surface area contributed by atoms with Crippen LogP contribution in [-0.4, -0.2) is 10.0 Å². The van der Waals surface area contributed by atoms with Crippen LogP contribution in [0.5, 0.6) is 11.5 Å². The molecular formula is C14H11Br2NO4. The van der Waals surface area contributed by atoms with Crippen LogP contribution in [0, 0.1) is 10.1 Å². The number of nitrogens with zero attached hydrogens (tertiary/aromatic N) is 1. The van der Waals surface area contributed by atoms with Crippen LogP contribution in [0.1, 0.15) is 18.6 Å². The minimum atomic E-state index is -0.615. The van der Waals surface area contributed by atoms with Gasteiger partial charge < -0.3 is 9.84 Å². The molecule has 7 heteroatoms. The Morgan fingerprint density at radius 1 is 1.24 bits per heavy atom. The number of aliphatic hydroxyl groups is 1. The fourth-order valence-corrected chi connectivity index (χ4v) is 2.79. The SMILES string of the molecule is C[C@H](O)c1ccc(Oc2ccc(Br)cc2[N+](=O)[O-])cc1Br. The Morgan fingerprint density at radius 3 is 2.52 bits per heavy atom. The van der Waals surface area contributed by atoms with Gasteiger partial charge in [-0.05, 0) is 36.8 Å². The number of hydrogen-bond acceptors (Lipinski definition) is 4. The van der Waals surface area contributed by atoms with E-state index in [-0.39, 0.29) is 11.4 Å². The number of hydrogen-bond donors (Lipinski definition) is 1. The topological polar surface area (TPSA) is 72.6 Å². The zero-order chi connectivity index (χ0) is 15.6. The molecule has 110 valence electrons. The Balaban J connectivity index is 2.35. The van der Waals surface area contributed by atoms with Crippen LogP contribution >= 0.6 is 31.9 Å². The molecule has 0 amide bonds. The summed E-state index contributed by atoms with van der Waals surface area (Å²) in [5.74, 6) is 0.594. The molecule has 2 aromatic carbocycles. The monoisotopic (exact) mass is 415 g/mol. The second-order valence-corrected chi connectivity index (χ2v) is 6.10. The quantitative estimate of drug-likeness (QED) is 0.564. The summed E-state index contributed by atoms with van der Waals surface area (Å²) in [7, 11) is 0. The summed E-state index contributed by atoms with van der Waals surface area (Å²) in [4.78, 5) is 10.5. The minimum Gasteiger partial charge on any atom is -0.450 e. The third-order valence-electron chi connectivity index (χ3n) is 2.77. The average Bonchev–Trinajstić information content (AvgIpc) is 2.40. The molecule has 2 rings (SSSR count). The Bertz CT molecular complexity index is 689. The summed E-state index contributed by atoms with van der Waals surface area (Å²) < 4.78 is 6.85. The second kappa shape index (κ2) is 6.55. The fourth-order valence-electron chi connectivity index (χ4n) is 1.76. The van der Waals surface area contributed by atoms with E-state index in [1.165, 1.54) is 12.1 Å². The maximum absolute atomic E-state index is 11.0. The summed E-state index contributed by atoms with van der Waals surface area (Å²) in [5, 5.41) is 20.6. The van der Waals surface area contributed by atoms with Crippen LogP contribution in [0.3, 0.4) is 0 Å². The molecule has 0 aliphatic rings. The summed E-state index contributed by atoms with van der Waals surface area (Å²) >= 11 is 6.53. The van der Waals surface area contributed by atoms with Gasteiger partial charge in [0.25, 0.3) is 0 Å². The third kappa shape index (κ3) is 3.81. The van der Waals surface area contributed by atoms with Crippen molar-refractivity contribution in [3.63, 3.8) is 0 Å². The molecule has 0 aromatic heterocycles. The molecule has 0 radical (unpaired) electrons. The Hall–Kier alpha value is -1.44. The first-order chi connectivity index (χ1) is 9.88. The van der Waals surface area contributed by atoms with Crippen molar-refractivity contribution in [1.29, 1.82) is 0 Å². The highest BCUT2D eigenvalue weighted by atomic mass is 79.9. The fraction of sp³-hybridized carbons (Fsp3) is 0.143. The molecule has 21 heavy (non-hydrogen) atoms. The van der Waals surface area contributed by atoms with Crippen LogP contribution in [-0.2, 0) is 0 Å². The molecule has 5 nitrogen and oxygen atoms in total. The van der Waals surface area contributed by atoms with Crippen LogP contribution in [0.15, 0.2) is 45.3 Å². The van der Waals surface area contributed by atoms with Crippen molar-refractivity contribution in [2.24, 2.45) is 0 Å². The molecule has 0 bridgehead atoms. The summed E-state index contributed by atoms with van der Waals surface area (Å²) in [6, 6.07) is 9.59. The van der Waals surface area contributed by atoms with Gasteiger partial charge in [0.1, 0.15) is 5.75 Å². The summed E-state index contributed by atoms with van der Waals surface area (Å²) in [6.45, 7) is 1.65. The molecule has 1 N–H and O–H groups in total. The minimum absolute atomic E-state index is 0.125. The molecule has 0 unspecified atom stereocenters. The number of ether oxygens (including phenoxy) is 1.